The van der Waals surface area contributed by atoms with Gasteiger partial charge in [-0.25, -0.2) is 18.7 Å². The van der Waals surface area contributed by atoms with Gasteiger partial charge in [-0.3, -0.25) is 4.57 Å². The van der Waals surface area contributed by atoms with E-state index < -0.39 is 32.9 Å². The van der Waals surface area contributed by atoms with Gasteiger partial charge in [-0.1, -0.05) is 19.9 Å². The molecule has 0 atom stereocenters. The van der Waals surface area contributed by atoms with Gasteiger partial charge in [0.25, 0.3) is 0 Å². The second kappa shape index (κ2) is 32.5. The fraction of sp³-hybridized carbons (Fsp3) is 0.952. The van der Waals surface area contributed by atoms with Crippen LogP contribution in [0.4, 0.5) is 0 Å². The molecule has 0 aromatic carbocycles. The van der Waals surface area contributed by atoms with Crippen LogP contribution < -0.4 is 0 Å². The Bertz CT molecular complexity index is 964. The van der Waals surface area contributed by atoms with E-state index in [1.54, 1.807) is 14.2 Å². The zero-order valence-electron chi connectivity index (χ0n) is 41.0. The highest BCUT2D eigenvalue weighted by Crippen LogP contribution is 2.54. The van der Waals surface area contributed by atoms with Crippen LogP contribution >= 0.6 is 32.9 Å². The summed E-state index contributed by atoms with van der Waals surface area (Å²) >= 11 is 0. The summed E-state index contributed by atoms with van der Waals surface area (Å²) in [7, 11) is 0.880. The third-order valence-electron chi connectivity index (χ3n) is 9.39. The summed E-state index contributed by atoms with van der Waals surface area (Å²) in [5.74, 6) is 2.23. The Balaban J connectivity index is 0. The summed E-state index contributed by atoms with van der Waals surface area (Å²) in [5, 5.41) is 0. The van der Waals surface area contributed by atoms with Gasteiger partial charge < -0.3 is 27.1 Å². The summed E-state index contributed by atoms with van der Waals surface area (Å²) in [5.41, 5.74) is 0. The summed E-state index contributed by atoms with van der Waals surface area (Å²) in [6.45, 7) is 40.9. The third-order valence-corrected chi connectivity index (χ3v) is 18.8. The zero-order valence-corrected chi connectivity index (χ0v) is 44.6. The number of unbranched alkanes of at least 4 members (excludes halogenated alkanes) is 1. The van der Waals surface area contributed by atoms with E-state index in [9.17, 15) is 4.57 Å². The Morgan fingerprint density at radius 3 is 1.25 bits per heavy atom. The highest BCUT2D eigenvalue weighted by molar-refractivity contribution is 7.57. The molecule has 15 heteroatoms. The van der Waals surface area contributed by atoms with Crippen molar-refractivity contribution >= 4 is 32.9 Å². The summed E-state index contributed by atoms with van der Waals surface area (Å²) in [6, 6.07) is 3.50. The first-order valence-electron chi connectivity index (χ1n) is 21.9. The Morgan fingerprint density at radius 2 is 0.930 bits per heavy atom. The molecule has 0 amide bonds. The van der Waals surface area contributed by atoms with Gasteiger partial charge in [-0.15, -0.1) is 0 Å². The van der Waals surface area contributed by atoms with Crippen LogP contribution in [0.5, 0.6) is 0 Å². The number of allylic oxidation sites excluding steroid dienone is 1. The standard InChI is InChI=1S/C21H46N2O3P2.C19H42N2O4P2.C2H6/c1-16(2)22(17(3)4)28(23(18(5)6)19(7)8)26-21-13-11-20(12-14-21)15-27(24-9)25-10;1-16(2)20(17(3)4)26(21(18(5)6)19(7)8)25-14-12-11-13-15-27(22,23-9)24-10;1-2/h16-21H,11-15H2,1-10H3;13,15-19H,11-12,14H2,1-10H3;1-2H3/b;15-13+;. The van der Waals surface area contributed by atoms with E-state index in [0.29, 0.717) is 67.0 Å². The maximum Gasteiger partial charge on any atom is 0.353 e. The molecule has 0 saturated heterocycles. The molecule has 0 heterocycles. The molecule has 1 aliphatic carbocycles. The molecule has 0 unspecified atom stereocenters. The fourth-order valence-electron chi connectivity index (χ4n) is 7.18. The molecule has 0 bridgehead atoms. The fourth-order valence-corrected chi connectivity index (χ4v) is 14.1. The monoisotopic (exact) mass is 891 g/mol. The molecule has 0 aromatic rings. The van der Waals surface area contributed by atoms with E-state index in [-0.39, 0.29) is 0 Å². The molecule has 0 spiro atoms. The van der Waals surface area contributed by atoms with Crippen molar-refractivity contribution < 1.29 is 31.7 Å². The van der Waals surface area contributed by atoms with E-state index in [4.69, 9.17) is 27.1 Å². The highest BCUT2D eigenvalue weighted by Gasteiger charge is 2.38. The molecule has 1 aliphatic rings. The van der Waals surface area contributed by atoms with Gasteiger partial charge in [0, 0.05) is 88.8 Å². The minimum absolute atomic E-state index is 0.360. The van der Waals surface area contributed by atoms with E-state index in [1.807, 2.05) is 19.9 Å². The highest BCUT2D eigenvalue weighted by atomic mass is 31.2. The van der Waals surface area contributed by atoms with Gasteiger partial charge in [-0.05, 0) is 155 Å². The van der Waals surface area contributed by atoms with Crippen LogP contribution in [0, 0.1) is 5.92 Å². The Morgan fingerprint density at radius 1 is 0.579 bits per heavy atom. The molecular formula is C42H94N4O7P4. The second-order valence-corrected chi connectivity index (χ2v) is 23.9. The molecule has 0 N–H and O–H groups in total. The predicted molar refractivity (Wildman–Crippen MR) is 252 cm³/mol. The lowest BCUT2D eigenvalue weighted by Crippen LogP contribution is -2.44. The largest absolute Gasteiger partial charge is 0.353 e. The average molecular weight is 891 g/mol. The van der Waals surface area contributed by atoms with Gasteiger partial charge >= 0.3 is 7.60 Å². The van der Waals surface area contributed by atoms with Crippen LogP contribution in [0.1, 0.15) is 163 Å². The van der Waals surface area contributed by atoms with Crippen molar-refractivity contribution in [1.29, 1.82) is 0 Å². The molecule has 1 rings (SSSR count). The summed E-state index contributed by atoms with van der Waals surface area (Å²) in [6.07, 6.45) is 9.62. The number of nitrogens with zero attached hydrogens (tertiary/aromatic N) is 4. The SMILES string of the molecule is CC.COP(=O)(/C=C/CCCOP(N(C(C)C)C(C)C)N(C(C)C)C(C)C)OC.COP(CC1CCC(OP(N(C(C)C)C(C)C)N(C(C)C)C(C)C)CC1)OC. The molecule has 11 nitrogen and oxygen atoms in total. The van der Waals surface area contributed by atoms with Crippen LogP contribution in [0.15, 0.2) is 11.9 Å². The van der Waals surface area contributed by atoms with E-state index in [2.05, 4.69) is 129 Å². The lowest BCUT2D eigenvalue weighted by atomic mass is 9.89. The smallest absolute Gasteiger partial charge is 0.337 e. The van der Waals surface area contributed by atoms with Gasteiger partial charge in [0.1, 0.15) is 0 Å². The third kappa shape index (κ3) is 22.7. The molecule has 0 aromatic heterocycles. The first-order chi connectivity index (χ1) is 26.6. The van der Waals surface area contributed by atoms with E-state index >= 15 is 0 Å². The van der Waals surface area contributed by atoms with Crippen LogP contribution in [0.25, 0.3) is 0 Å². The maximum absolute atomic E-state index is 12.0. The second-order valence-electron chi connectivity index (χ2n) is 16.7. The van der Waals surface area contributed by atoms with Crippen molar-refractivity contribution in [2.45, 2.75) is 218 Å². The van der Waals surface area contributed by atoms with Crippen LogP contribution in [0.3, 0.4) is 0 Å². The van der Waals surface area contributed by atoms with Crippen molar-refractivity contribution in [3.8, 4) is 0 Å². The number of hydrogen-bond acceptors (Lipinski definition) is 11. The minimum Gasteiger partial charge on any atom is -0.337 e. The zero-order chi connectivity index (χ0) is 44.6. The van der Waals surface area contributed by atoms with E-state index in [0.717, 1.165) is 31.8 Å². The van der Waals surface area contributed by atoms with Gasteiger partial charge in [-0.2, -0.15) is 0 Å². The first-order valence-corrected chi connectivity index (χ1v) is 27.2. The van der Waals surface area contributed by atoms with E-state index in [1.165, 1.54) is 32.9 Å². The summed E-state index contributed by atoms with van der Waals surface area (Å²) in [4.78, 5) is 0. The van der Waals surface area contributed by atoms with Crippen LogP contribution in [-0.2, 0) is 31.7 Å². The minimum atomic E-state index is -3.07. The normalized spacial score (nSPS) is 17.3. The first kappa shape index (κ1) is 60.0. The van der Waals surface area contributed by atoms with Crippen molar-refractivity contribution in [1.82, 2.24) is 18.7 Å². The van der Waals surface area contributed by atoms with Gasteiger partial charge in [0.05, 0.1) is 12.7 Å². The summed E-state index contributed by atoms with van der Waals surface area (Å²) < 4.78 is 56.3. The van der Waals surface area contributed by atoms with Crippen LogP contribution in [0.2, 0.25) is 0 Å². The molecule has 57 heavy (non-hydrogen) atoms. The predicted octanol–water partition coefficient (Wildman–Crippen LogP) is 13.9. The molecular weight excluding hydrogens is 796 g/mol. The molecule has 1 saturated carbocycles. The Hall–Kier alpha value is 0.860. The average Bonchev–Trinajstić information content (AvgIpc) is 3.12. The van der Waals surface area contributed by atoms with Crippen molar-refractivity contribution in [3.63, 3.8) is 0 Å². The van der Waals surface area contributed by atoms with Crippen LogP contribution in [-0.4, -0.2) is 114 Å². The topological polar surface area (TPSA) is 85.4 Å². The molecule has 0 aliphatic heterocycles. The van der Waals surface area contributed by atoms with Crippen molar-refractivity contribution in [2.24, 2.45) is 5.92 Å². The number of rotatable bonds is 26. The van der Waals surface area contributed by atoms with Gasteiger partial charge in [0.15, 0.2) is 25.3 Å². The lowest BCUT2D eigenvalue weighted by Gasteiger charge is -2.47. The van der Waals surface area contributed by atoms with Gasteiger partial charge in [0.2, 0.25) is 0 Å². The molecule has 0 radical (unpaired) electrons. The number of hydrogen-bond donors (Lipinski definition) is 0. The molecule has 1 fully saturated rings. The lowest BCUT2D eigenvalue weighted by molar-refractivity contribution is 0.105. The maximum atomic E-state index is 12.0. The van der Waals surface area contributed by atoms with Crippen molar-refractivity contribution in [2.75, 3.05) is 41.2 Å². The Labute approximate surface area is 358 Å². The molecule has 344 valence electrons. The van der Waals surface area contributed by atoms with Crippen molar-refractivity contribution in [3.05, 3.63) is 11.9 Å². The Kier molecular flexibility index (Phi) is 34.2. The quantitative estimate of drug-likeness (QED) is 0.0615.